The minimum Gasteiger partial charge on any atom is -0.322 e. The van der Waals surface area contributed by atoms with Crippen molar-refractivity contribution in [1.29, 1.82) is 5.26 Å². The molecule has 0 saturated heterocycles. The van der Waals surface area contributed by atoms with E-state index in [1.54, 1.807) is 30.3 Å². The van der Waals surface area contributed by atoms with Crippen molar-refractivity contribution in [3.63, 3.8) is 0 Å². The Morgan fingerprint density at radius 2 is 2.04 bits per heavy atom. The molecule has 130 valence electrons. The van der Waals surface area contributed by atoms with E-state index in [0.29, 0.717) is 11.3 Å². The summed E-state index contributed by atoms with van der Waals surface area (Å²) in [7, 11) is 0. The quantitative estimate of drug-likeness (QED) is 0.751. The molecule has 1 N–H and O–H groups in total. The van der Waals surface area contributed by atoms with Crippen molar-refractivity contribution in [1.82, 2.24) is 9.78 Å². The lowest BCUT2D eigenvalue weighted by atomic mass is 10.1. The average Bonchev–Trinajstić information content (AvgIpc) is 2.99. The molecule has 0 unspecified atom stereocenters. The topological polar surface area (TPSA) is 70.7 Å². The molecular formula is C19H14ClFN4O. The largest absolute Gasteiger partial charge is 0.322 e. The van der Waals surface area contributed by atoms with E-state index in [0.717, 1.165) is 11.3 Å². The van der Waals surface area contributed by atoms with Gasteiger partial charge in [0.2, 0.25) is 5.91 Å². The van der Waals surface area contributed by atoms with Gasteiger partial charge in [0.1, 0.15) is 6.54 Å². The molecule has 0 aliphatic carbocycles. The van der Waals surface area contributed by atoms with Crippen molar-refractivity contribution >= 4 is 23.2 Å². The van der Waals surface area contributed by atoms with Crippen LogP contribution in [-0.2, 0) is 11.3 Å². The molecule has 0 bridgehead atoms. The molecule has 5 nitrogen and oxygen atoms in total. The van der Waals surface area contributed by atoms with Crippen molar-refractivity contribution in [2.75, 3.05) is 5.32 Å². The van der Waals surface area contributed by atoms with Crippen LogP contribution in [0.2, 0.25) is 5.02 Å². The van der Waals surface area contributed by atoms with Crippen LogP contribution in [0.4, 0.5) is 10.1 Å². The number of amides is 1. The maximum absolute atomic E-state index is 13.9. The Kier molecular flexibility index (Phi) is 5.01. The number of anilines is 1. The first-order valence-corrected chi connectivity index (χ1v) is 8.14. The first-order chi connectivity index (χ1) is 12.5. The van der Waals surface area contributed by atoms with Gasteiger partial charge in [-0.25, -0.2) is 4.39 Å². The minimum atomic E-state index is -0.669. The van der Waals surface area contributed by atoms with E-state index in [4.69, 9.17) is 16.9 Å². The molecule has 3 rings (SSSR count). The first-order valence-electron chi connectivity index (χ1n) is 7.77. The third kappa shape index (κ3) is 3.73. The van der Waals surface area contributed by atoms with Crippen molar-refractivity contribution in [2.45, 2.75) is 13.5 Å². The third-order valence-corrected chi connectivity index (χ3v) is 4.10. The van der Waals surface area contributed by atoms with Gasteiger partial charge in [0, 0.05) is 11.3 Å². The van der Waals surface area contributed by atoms with E-state index in [2.05, 4.69) is 16.5 Å². The summed E-state index contributed by atoms with van der Waals surface area (Å²) in [5.74, 6) is -1.08. The zero-order valence-electron chi connectivity index (χ0n) is 13.8. The molecular weight excluding hydrogens is 355 g/mol. The van der Waals surface area contributed by atoms with Gasteiger partial charge >= 0.3 is 0 Å². The number of hydrogen-bond acceptors (Lipinski definition) is 3. The van der Waals surface area contributed by atoms with Crippen LogP contribution in [0.5, 0.6) is 0 Å². The van der Waals surface area contributed by atoms with Crippen LogP contribution in [-0.4, -0.2) is 15.7 Å². The Bertz CT molecular complexity index is 1010. The molecule has 3 aromatic rings. The highest BCUT2D eigenvalue weighted by Crippen LogP contribution is 2.22. The predicted molar refractivity (Wildman–Crippen MR) is 97.2 cm³/mol. The fourth-order valence-electron chi connectivity index (χ4n) is 2.45. The maximum Gasteiger partial charge on any atom is 0.246 e. The van der Waals surface area contributed by atoms with Crippen molar-refractivity contribution < 1.29 is 9.18 Å². The minimum absolute atomic E-state index is 0.0274. The highest BCUT2D eigenvalue weighted by Gasteiger charge is 2.13. The lowest BCUT2D eigenvalue weighted by Gasteiger charge is -2.08. The van der Waals surface area contributed by atoms with Crippen LogP contribution in [0.25, 0.3) is 11.3 Å². The maximum atomic E-state index is 13.9. The number of carbonyl (C=O) groups is 1. The van der Waals surface area contributed by atoms with Gasteiger partial charge < -0.3 is 5.32 Å². The number of rotatable bonds is 4. The zero-order valence-corrected chi connectivity index (χ0v) is 14.6. The van der Waals surface area contributed by atoms with E-state index in [1.165, 1.54) is 16.8 Å². The Labute approximate surface area is 154 Å². The number of benzene rings is 2. The Morgan fingerprint density at radius 1 is 1.31 bits per heavy atom. The molecule has 2 aromatic carbocycles. The Hall–Kier alpha value is -3.17. The summed E-state index contributed by atoms with van der Waals surface area (Å²) in [6.45, 7) is 1.77. The zero-order chi connectivity index (χ0) is 18.7. The molecule has 0 aliphatic heterocycles. The van der Waals surface area contributed by atoms with Gasteiger partial charge in [-0.1, -0.05) is 29.8 Å². The van der Waals surface area contributed by atoms with Crippen LogP contribution >= 0.6 is 11.6 Å². The molecule has 7 heteroatoms. The fraction of sp³-hybridized carbons (Fsp3) is 0.105. The van der Waals surface area contributed by atoms with Gasteiger partial charge in [-0.3, -0.25) is 9.48 Å². The van der Waals surface area contributed by atoms with Crippen molar-refractivity contribution in [3.05, 3.63) is 70.6 Å². The molecule has 1 heterocycles. The van der Waals surface area contributed by atoms with E-state index < -0.39 is 11.7 Å². The summed E-state index contributed by atoms with van der Waals surface area (Å²) >= 11 is 5.71. The molecule has 0 fully saturated rings. The first kappa shape index (κ1) is 17.6. The highest BCUT2D eigenvalue weighted by atomic mass is 35.5. The van der Waals surface area contributed by atoms with E-state index in [1.807, 2.05) is 13.0 Å². The average molecular weight is 369 g/mol. The Balaban J connectivity index is 1.76. The van der Waals surface area contributed by atoms with E-state index >= 15 is 0 Å². The number of aromatic nitrogens is 2. The lowest BCUT2D eigenvalue weighted by Crippen LogP contribution is -2.20. The number of hydrogen-bond donors (Lipinski definition) is 1. The smallest absolute Gasteiger partial charge is 0.246 e. The second-order valence-corrected chi connectivity index (χ2v) is 6.07. The second kappa shape index (κ2) is 7.38. The van der Waals surface area contributed by atoms with Crippen molar-refractivity contribution in [3.8, 4) is 17.3 Å². The summed E-state index contributed by atoms with van der Waals surface area (Å²) < 4.78 is 15.4. The van der Waals surface area contributed by atoms with Crippen LogP contribution in [0, 0.1) is 24.1 Å². The van der Waals surface area contributed by atoms with Crippen LogP contribution < -0.4 is 5.32 Å². The Morgan fingerprint density at radius 3 is 2.73 bits per heavy atom. The lowest BCUT2D eigenvalue weighted by molar-refractivity contribution is -0.117. The molecule has 0 aliphatic rings. The van der Waals surface area contributed by atoms with Gasteiger partial charge in [0.05, 0.1) is 28.0 Å². The molecule has 0 atom stereocenters. The summed E-state index contributed by atoms with van der Waals surface area (Å²) in [6.07, 6.45) is 0. The number of halogens is 2. The number of nitriles is 1. The van der Waals surface area contributed by atoms with Crippen LogP contribution in [0.15, 0.2) is 48.5 Å². The summed E-state index contributed by atoms with van der Waals surface area (Å²) in [5, 5.41) is 15.7. The third-order valence-electron chi connectivity index (χ3n) is 3.81. The van der Waals surface area contributed by atoms with Crippen LogP contribution in [0.1, 0.15) is 11.3 Å². The standard InChI is InChI=1S/C19H14ClFN4O/c1-12-9-17(14-7-5-13(10-22)6-8-14)24-25(12)11-18(26)23-16-4-2-3-15(20)19(16)21/h2-9H,11H2,1H3,(H,23,26). The van der Waals surface area contributed by atoms with E-state index in [9.17, 15) is 9.18 Å². The highest BCUT2D eigenvalue weighted by molar-refractivity contribution is 6.31. The predicted octanol–water partition coefficient (Wildman–Crippen LogP) is 4.16. The van der Waals surface area contributed by atoms with Gasteiger partial charge in [-0.2, -0.15) is 10.4 Å². The monoisotopic (exact) mass is 368 g/mol. The molecule has 1 aromatic heterocycles. The van der Waals surface area contributed by atoms with Crippen LogP contribution in [0.3, 0.4) is 0 Å². The number of nitrogens with zero attached hydrogens (tertiary/aromatic N) is 3. The fourth-order valence-corrected chi connectivity index (χ4v) is 2.63. The second-order valence-electron chi connectivity index (χ2n) is 5.67. The molecule has 0 radical (unpaired) electrons. The molecule has 0 spiro atoms. The van der Waals surface area contributed by atoms with Gasteiger partial charge in [0.25, 0.3) is 0 Å². The van der Waals surface area contributed by atoms with Crippen molar-refractivity contribution in [2.24, 2.45) is 0 Å². The van der Waals surface area contributed by atoms with Gasteiger partial charge in [-0.05, 0) is 37.3 Å². The van der Waals surface area contributed by atoms with E-state index in [-0.39, 0.29) is 17.3 Å². The number of aryl methyl sites for hydroxylation is 1. The normalized spacial score (nSPS) is 10.4. The number of nitrogens with one attached hydrogen (secondary N) is 1. The summed E-state index contributed by atoms with van der Waals surface area (Å²) in [4.78, 5) is 12.2. The number of carbonyl (C=O) groups excluding carboxylic acids is 1. The summed E-state index contributed by atoms with van der Waals surface area (Å²) in [5.41, 5.74) is 2.90. The molecule has 0 saturated carbocycles. The van der Waals surface area contributed by atoms with Gasteiger partial charge in [0.15, 0.2) is 5.82 Å². The van der Waals surface area contributed by atoms with Gasteiger partial charge in [-0.15, -0.1) is 0 Å². The molecule has 1 amide bonds. The summed E-state index contributed by atoms with van der Waals surface area (Å²) in [6, 6.07) is 15.3. The molecule has 26 heavy (non-hydrogen) atoms. The SMILES string of the molecule is Cc1cc(-c2ccc(C#N)cc2)nn1CC(=O)Nc1cccc(Cl)c1F.